The van der Waals surface area contributed by atoms with Gasteiger partial charge in [-0.05, 0) is 36.2 Å². The number of aryl methyl sites for hydroxylation is 1. The van der Waals surface area contributed by atoms with Crippen molar-refractivity contribution in [3.63, 3.8) is 0 Å². The summed E-state index contributed by atoms with van der Waals surface area (Å²) in [6.07, 6.45) is 0. The lowest BCUT2D eigenvalue weighted by Gasteiger charge is -2.08. The highest BCUT2D eigenvalue weighted by molar-refractivity contribution is 5.77. The van der Waals surface area contributed by atoms with Crippen molar-refractivity contribution in [2.24, 2.45) is 0 Å². The van der Waals surface area contributed by atoms with Gasteiger partial charge in [-0.15, -0.1) is 0 Å². The Morgan fingerprint density at radius 1 is 1.00 bits per heavy atom. The number of carbonyl (C=O) groups excluding carboxylic acids is 1. The van der Waals surface area contributed by atoms with E-state index in [0.29, 0.717) is 24.0 Å². The van der Waals surface area contributed by atoms with Crippen LogP contribution in [0.3, 0.4) is 0 Å². The second-order valence-corrected chi connectivity index (χ2v) is 6.82. The summed E-state index contributed by atoms with van der Waals surface area (Å²) in [7, 11) is 0. The molecular formula is C24H21N3O3. The van der Waals surface area contributed by atoms with Crippen LogP contribution in [-0.2, 0) is 11.3 Å². The van der Waals surface area contributed by atoms with Gasteiger partial charge >= 0.3 is 0 Å². The van der Waals surface area contributed by atoms with Gasteiger partial charge in [-0.3, -0.25) is 4.79 Å². The molecule has 0 aliphatic heterocycles. The van der Waals surface area contributed by atoms with Crippen molar-refractivity contribution >= 4 is 5.91 Å². The van der Waals surface area contributed by atoms with Crippen LogP contribution in [0.5, 0.6) is 5.75 Å². The van der Waals surface area contributed by atoms with Crippen LogP contribution in [0.25, 0.3) is 22.8 Å². The fourth-order valence-corrected chi connectivity index (χ4v) is 2.98. The van der Waals surface area contributed by atoms with E-state index in [2.05, 4.69) is 15.5 Å². The van der Waals surface area contributed by atoms with Crippen molar-refractivity contribution in [3.8, 4) is 28.6 Å². The highest BCUT2D eigenvalue weighted by Gasteiger charge is 2.13. The first-order valence-corrected chi connectivity index (χ1v) is 9.62. The van der Waals surface area contributed by atoms with Crippen LogP contribution in [0.1, 0.15) is 11.1 Å². The van der Waals surface area contributed by atoms with E-state index in [4.69, 9.17) is 9.26 Å². The van der Waals surface area contributed by atoms with Gasteiger partial charge in [0.2, 0.25) is 5.82 Å². The molecule has 1 amide bonds. The predicted molar refractivity (Wildman–Crippen MR) is 114 cm³/mol. The number of rotatable bonds is 7. The Bertz CT molecular complexity index is 1140. The number of benzene rings is 3. The number of nitrogens with one attached hydrogen (secondary N) is 1. The fraction of sp³-hybridized carbons (Fsp3) is 0.125. The number of hydrogen-bond donors (Lipinski definition) is 1. The fourth-order valence-electron chi connectivity index (χ4n) is 2.98. The first-order chi connectivity index (χ1) is 14.7. The minimum Gasteiger partial charge on any atom is -0.484 e. The standard InChI is InChI=1S/C24H21N3O3/c1-17-8-5-6-13-21(17)24-26-23(27-30-24)19-11-7-12-20(14-19)29-16-22(28)25-15-18-9-3-2-4-10-18/h2-14H,15-16H2,1H3,(H,25,28). The topological polar surface area (TPSA) is 77.2 Å². The molecular weight excluding hydrogens is 378 g/mol. The first kappa shape index (κ1) is 19.4. The lowest BCUT2D eigenvalue weighted by atomic mass is 10.1. The van der Waals surface area contributed by atoms with Gasteiger partial charge in [0.05, 0.1) is 0 Å². The number of carbonyl (C=O) groups is 1. The Labute approximate surface area is 174 Å². The van der Waals surface area contributed by atoms with Gasteiger partial charge in [0.15, 0.2) is 6.61 Å². The van der Waals surface area contributed by atoms with Gasteiger partial charge in [-0.1, -0.05) is 65.8 Å². The molecule has 0 bridgehead atoms. The van der Waals surface area contributed by atoms with E-state index in [1.165, 1.54) is 0 Å². The van der Waals surface area contributed by atoms with Crippen LogP contribution >= 0.6 is 0 Å². The zero-order valence-corrected chi connectivity index (χ0v) is 16.5. The molecule has 0 radical (unpaired) electrons. The minimum absolute atomic E-state index is 0.0724. The molecule has 1 N–H and O–H groups in total. The lowest BCUT2D eigenvalue weighted by Crippen LogP contribution is -2.28. The molecule has 0 unspecified atom stereocenters. The molecule has 6 heteroatoms. The molecule has 1 aromatic heterocycles. The van der Waals surface area contributed by atoms with E-state index in [9.17, 15) is 4.79 Å². The van der Waals surface area contributed by atoms with E-state index < -0.39 is 0 Å². The highest BCUT2D eigenvalue weighted by atomic mass is 16.5. The lowest BCUT2D eigenvalue weighted by molar-refractivity contribution is -0.123. The maximum atomic E-state index is 12.1. The van der Waals surface area contributed by atoms with Gasteiger partial charge in [-0.2, -0.15) is 4.98 Å². The molecule has 0 fully saturated rings. The van der Waals surface area contributed by atoms with Crippen LogP contribution < -0.4 is 10.1 Å². The summed E-state index contributed by atoms with van der Waals surface area (Å²) in [4.78, 5) is 16.6. The van der Waals surface area contributed by atoms with E-state index in [0.717, 1.165) is 22.3 Å². The van der Waals surface area contributed by atoms with Crippen molar-refractivity contribution in [2.75, 3.05) is 6.61 Å². The van der Waals surface area contributed by atoms with E-state index in [1.807, 2.05) is 73.7 Å². The number of amides is 1. The van der Waals surface area contributed by atoms with Crippen molar-refractivity contribution in [1.29, 1.82) is 0 Å². The van der Waals surface area contributed by atoms with Gasteiger partial charge in [0, 0.05) is 17.7 Å². The summed E-state index contributed by atoms with van der Waals surface area (Å²) in [6, 6.07) is 24.8. The third-order valence-corrected chi connectivity index (χ3v) is 4.60. The summed E-state index contributed by atoms with van der Waals surface area (Å²) in [5, 5.41) is 6.92. The summed E-state index contributed by atoms with van der Waals surface area (Å²) in [5.41, 5.74) is 3.75. The third kappa shape index (κ3) is 4.72. The van der Waals surface area contributed by atoms with Crippen molar-refractivity contribution < 1.29 is 14.1 Å². The molecule has 0 spiro atoms. The SMILES string of the molecule is Cc1ccccc1-c1nc(-c2cccc(OCC(=O)NCc3ccccc3)c2)no1. The smallest absolute Gasteiger partial charge is 0.258 e. The monoisotopic (exact) mass is 399 g/mol. The number of aromatic nitrogens is 2. The van der Waals surface area contributed by atoms with E-state index in [1.54, 1.807) is 12.1 Å². The van der Waals surface area contributed by atoms with Gasteiger partial charge in [0.25, 0.3) is 11.8 Å². The summed E-state index contributed by atoms with van der Waals surface area (Å²) in [6.45, 7) is 2.39. The summed E-state index contributed by atoms with van der Waals surface area (Å²) in [5.74, 6) is 1.30. The number of ether oxygens (including phenoxy) is 1. The molecule has 0 saturated heterocycles. The van der Waals surface area contributed by atoms with E-state index >= 15 is 0 Å². The molecule has 1 heterocycles. The maximum absolute atomic E-state index is 12.1. The summed E-state index contributed by atoms with van der Waals surface area (Å²) >= 11 is 0. The third-order valence-electron chi connectivity index (χ3n) is 4.60. The molecule has 0 saturated carbocycles. The zero-order chi connectivity index (χ0) is 20.8. The van der Waals surface area contributed by atoms with Crippen molar-refractivity contribution in [2.45, 2.75) is 13.5 Å². The van der Waals surface area contributed by atoms with Gasteiger partial charge < -0.3 is 14.6 Å². The molecule has 0 aliphatic carbocycles. The zero-order valence-electron chi connectivity index (χ0n) is 16.5. The van der Waals surface area contributed by atoms with E-state index in [-0.39, 0.29) is 12.5 Å². The number of hydrogen-bond acceptors (Lipinski definition) is 5. The molecule has 150 valence electrons. The highest BCUT2D eigenvalue weighted by Crippen LogP contribution is 2.26. The average molecular weight is 399 g/mol. The Morgan fingerprint density at radius 2 is 1.80 bits per heavy atom. The Balaban J connectivity index is 1.38. The largest absolute Gasteiger partial charge is 0.484 e. The molecule has 3 aromatic carbocycles. The van der Waals surface area contributed by atoms with Crippen LogP contribution in [0.4, 0.5) is 0 Å². The second-order valence-electron chi connectivity index (χ2n) is 6.82. The average Bonchev–Trinajstić information content (AvgIpc) is 3.28. The van der Waals surface area contributed by atoms with Crippen molar-refractivity contribution in [1.82, 2.24) is 15.5 Å². The quantitative estimate of drug-likeness (QED) is 0.498. The first-order valence-electron chi connectivity index (χ1n) is 9.62. The molecule has 0 aliphatic rings. The normalized spacial score (nSPS) is 10.6. The van der Waals surface area contributed by atoms with Gasteiger partial charge in [-0.25, -0.2) is 0 Å². The van der Waals surface area contributed by atoms with Crippen LogP contribution in [-0.4, -0.2) is 22.7 Å². The van der Waals surface area contributed by atoms with Gasteiger partial charge in [0.1, 0.15) is 5.75 Å². The van der Waals surface area contributed by atoms with Crippen LogP contribution in [0.15, 0.2) is 83.4 Å². The Morgan fingerprint density at radius 3 is 2.63 bits per heavy atom. The Kier molecular flexibility index (Phi) is 5.85. The molecule has 30 heavy (non-hydrogen) atoms. The second kappa shape index (κ2) is 9.05. The maximum Gasteiger partial charge on any atom is 0.258 e. The number of nitrogens with zero attached hydrogens (tertiary/aromatic N) is 2. The van der Waals surface area contributed by atoms with Crippen molar-refractivity contribution in [3.05, 3.63) is 90.0 Å². The predicted octanol–water partition coefficient (Wildman–Crippen LogP) is 4.41. The van der Waals surface area contributed by atoms with Crippen LogP contribution in [0.2, 0.25) is 0 Å². The molecule has 4 rings (SSSR count). The van der Waals surface area contributed by atoms with Crippen LogP contribution in [0, 0.1) is 6.92 Å². The summed E-state index contributed by atoms with van der Waals surface area (Å²) < 4.78 is 11.1. The molecule has 4 aromatic rings. The minimum atomic E-state index is -0.189. The molecule has 6 nitrogen and oxygen atoms in total. The Hall–Kier alpha value is -3.93. The molecule has 0 atom stereocenters.